The standard InChI is InChI=1S/C23H25F4N3O4S/c1-15(31)28-20(14-16-6-2-4-8-19(16)24)22(32)29-17-10-12-30(13-11-17)35(33,34)21-9-5-3-7-18(21)23(25,26)27/h2-9,17,20H,10-14H2,1H3,(H,28,31)(H,29,32). The van der Waals surface area contributed by atoms with Crippen LogP contribution in [0.2, 0.25) is 0 Å². The Morgan fingerprint density at radius 2 is 1.66 bits per heavy atom. The quantitative estimate of drug-likeness (QED) is 0.555. The van der Waals surface area contributed by atoms with Crippen LogP contribution < -0.4 is 10.6 Å². The number of nitrogens with one attached hydrogen (secondary N) is 2. The Morgan fingerprint density at radius 1 is 1.06 bits per heavy atom. The zero-order valence-electron chi connectivity index (χ0n) is 18.8. The van der Waals surface area contributed by atoms with Crippen LogP contribution in [0.3, 0.4) is 0 Å². The van der Waals surface area contributed by atoms with Gasteiger partial charge in [0.1, 0.15) is 11.9 Å². The minimum Gasteiger partial charge on any atom is -0.351 e. The average molecular weight is 516 g/mol. The summed E-state index contributed by atoms with van der Waals surface area (Å²) < 4.78 is 80.7. The van der Waals surface area contributed by atoms with Gasteiger partial charge in [0.15, 0.2) is 0 Å². The van der Waals surface area contributed by atoms with Crippen LogP contribution in [0, 0.1) is 5.82 Å². The monoisotopic (exact) mass is 515 g/mol. The molecule has 1 saturated heterocycles. The van der Waals surface area contributed by atoms with Gasteiger partial charge in [0.05, 0.1) is 10.5 Å². The van der Waals surface area contributed by atoms with Gasteiger partial charge in [-0.3, -0.25) is 9.59 Å². The van der Waals surface area contributed by atoms with Crippen LogP contribution >= 0.6 is 0 Å². The Kier molecular flexibility index (Phi) is 8.16. The first-order valence-corrected chi connectivity index (χ1v) is 12.3. The van der Waals surface area contributed by atoms with Gasteiger partial charge in [0, 0.05) is 32.5 Å². The summed E-state index contributed by atoms with van der Waals surface area (Å²) in [4.78, 5) is 23.6. The zero-order chi connectivity index (χ0) is 25.8. The Labute approximate surface area is 200 Å². The van der Waals surface area contributed by atoms with Gasteiger partial charge in [-0.05, 0) is 36.6 Å². The molecule has 0 saturated carbocycles. The number of hydrogen-bond donors (Lipinski definition) is 2. The highest BCUT2D eigenvalue weighted by molar-refractivity contribution is 7.89. The highest BCUT2D eigenvalue weighted by Crippen LogP contribution is 2.35. The number of sulfonamides is 1. The smallest absolute Gasteiger partial charge is 0.351 e. The molecule has 0 aliphatic carbocycles. The van der Waals surface area contributed by atoms with Gasteiger partial charge in [-0.25, -0.2) is 12.8 Å². The fraction of sp³-hybridized carbons (Fsp3) is 0.391. The Balaban J connectivity index is 1.66. The fourth-order valence-electron chi connectivity index (χ4n) is 3.95. The largest absolute Gasteiger partial charge is 0.417 e. The molecule has 0 spiro atoms. The molecule has 190 valence electrons. The Morgan fingerprint density at radius 3 is 2.26 bits per heavy atom. The van der Waals surface area contributed by atoms with E-state index in [0.717, 1.165) is 22.5 Å². The third-order valence-corrected chi connectivity index (χ3v) is 7.64. The molecule has 12 heteroatoms. The number of nitrogens with zero attached hydrogens (tertiary/aromatic N) is 1. The lowest BCUT2D eigenvalue weighted by Crippen LogP contribution is -2.53. The molecule has 2 aromatic rings. The van der Waals surface area contributed by atoms with Crippen molar-refractivity contribution in [2.45, 2.75) is 49.3 Å². The van der Waals surface area contributed by atoms with E-state index >= 15 is 0 Å². The maximum Gasteiger partial charge on any atom is 0.417 e. The molecule has 1 aliphatic heterocycles. The van der Waals surface area contributed by atoms with Gasteiger partial charge in [-0.15, -0.1) is 0 Å². The molecule has 0 aromatic heterocycles. The van der Waals surface area contributed by atoms with Gasteiger partial charge in [0.25, 0.3) is 0 Å². The lowest BCUT2D eigenvalue weighted by atomic mass is 10.0. The van der Waals surface area contributed by atoms with Crippen molar-refractivity contribution in [1.29, 1.82) is 0 Å². The maximum atomic E-state index is 14.0. The van der Waals surface area contributed by atoms with E-state index in [0.29, 0.717) is 0 Å². The number of hydrogen-bond acceptors (Lipinski definition) is 4. The van der Waals surface area contributed by atoms with Crippen molar-refractivity contribution in [2.75, 3.05) is 13.1 Å². The van der Waals surface area contributed by atoms with E-state index in [4.69, 9.17) is 0 Å². The number of piperidine rings is 1. The molecule has 1 aliphatic rings. The average Bonchev–Trinajstić information content (AvgIpc) is 2.79. The minimum atomic E-state index is -4.83. The molecular formula is C23H25F4N3O4S. The normalized spacial score (nSPS) is 16.5. The SMILES string of the molecule is CC(=O)NC(Cc1ccccc1F)C(=O)NC1CCN(S(=O)(=O)c2ccccc2C(F)(F)F)CC1. The predicted molar refractivity (Wildman–Crippen MR) is 119 cm³/mol. The lowest BCUT2D eigenvalue weighted by Gasteiger charge is -2.33. The molecule has 1 fully saturated rings. The molecule has 1 atom stereocenters. The van der Waals surface area contributed by atoms with E-state index in [2.05, 4.69) is 10.6 Å². The van der Waals surface area contributed by atoms with E-state index in [9.17, 15) is 35.6 Å². The summed E-state index contributed by atoms with van der Waals surface area (Å²) in [6.45, 7) is 1.03. The number of alkyl halides is 3. The van der Waals surface area contributed by atoms with Crippen molar-refractivity contribution in [3.8, 4) is 0 Å². The number of halogens is 4. The first-order valence-electron chi connectivity index (χ1n) is 10.9. The summed E-state index contributed by atoms with van der Waals surface area (Å²) in [6, 6.07) is 8.32. The van der Waals surface area contributed by atoms with Crippen molar-refractivity contribution in [2.24, 2.45) is 0 Å². The third kappa shape index (κ3) is 6.57. The molecule has 2 aromatic carbocycles. The Hall–Kier alpha value is -2.99. The van der Waals surface area contributed by atoms with Gasteiger partial charge < -0.3 is 10.6 Å². The number of benzene rings is 2. The second-order valence-electron chi connectivity index (χ2n) is 8.23. The minimum absolute atomic E-state index is 0.0838. The van der Waals surface area contributed by atoms with Crippen LogP contribution in [0.15, 0.2) is 53.4 Å². The molecule has 0 bridgehead atoms. The highest BCUT2D eigenvalue weighted by Gasteiger charge is 2.40. The van der Waals surface area contributed by atoms with Crippen molar-refractivity contribution < 1.29 is 35.6 Å². The fourth-order valence-corrected chi connectivity index (χ4v) is 5.63. The van der Waals surface area contributed by atoms with Crippen molar-refractivity contribution in [3.05, 3.63) is 65.5 Å². The van der Waals surface area contributed by atoms with Gasteiger partial charge in [-0.2, -0.15) is 17.5 Å². The van der Waals surface area contributed by atoms with Crippen LogP contribution in [0.5, 0.6) is 0 Å². The van der Waals surface area contributed by atoms with Crippen LogP contribution in [0.4, 0.5) is 17.6 Å². The van der Waals surface area contributed by atoms with Gasteiger partial charge in [0.2, 0.25) is 21.8 Å². The van der Waals surface area contributed by atoms with Gasteiger partial charge >= 0.3 is 6.18 Å². The summed E-state index contributed by atoms with van der Waals surface area (Å²) in [5.74, 6) is -1.56. The zero-order valence-corrected chi connectivity index (χ0v) is 19.6. The van der Waals surface area contributed by atoms with E-state index in [1.807, 2.05) is 0 Å². The molecule has 35 heavy (non-hydrogen) atoms. The molecule has 2 amide bonds. The number of carbonyl (C=O) groups excluding carboxylic acids is 2. The summed E-state index contributed by atoms with van der Waals surface area (Å²) in [5, 5.41) is 5.22. The third-order valence-electron chi connectivity index (χ3n) is 5.69. The van der Waals surface area contributed by atoms with E-state index in [1.54, 1.807) is 6.07 Å². The number of rotatable bonds is 7. The summed E-state index contributed by atoms with van der Waals surface area (Å²) in [7, 11) is -4.40. The first-order chi connectivity index (χ1) is 16.4. The first kappa shape index (κ1) is 26.6. The highest BCUT2D eigenvalue weighted by atomic mass is 32.2. The molecule has 0 radical (unpaired) electrons. The maximum absolute atomic E-state index is 14.0. The van der Waals surface area contributed by atoms with Crippen LogP contribution in [-0.4, -0.2) is 49.7 Å². The number of carbonyl (C=O) groups is 2. The second-order valence-corrected chi connectivity index (χ2v) is 10.1. The van der Waals surface area contributed by atoms with Crippen LogP contribution in [0.25, 0.3) is 0 Å². The van der Waals surface area contributed by atoms with E-state index in [1.165, 1.54) is 31.2 Å². The lowest BCUT2D eigenvalue weighted by molar-refractivity contribution is -0.140. The molecular weight excluding hydrogens is 490 g/mol. The van der Waals surface area contributed by atoms with Crippen LogP contribution in [0.1, 0.15) is 30.9 Å². The van der Waals surface area contributed by atoms with E-state index < -0.39 is 56.4 Å². The van der Waals surface area contributed by atoms with E-state index in [-0.39, 0.29) is 37.9 Å². The molecule has 1 unspecified atom stereocenters. The molecule has 2 N–H and O–H groups in total. The molecule has 3 rings (SSSR count). The summed E-state index contributed by atoms with van der Waals surface area (Å²) in [5.41, 5.74) is -0.993. The summed E-state index contributed by atoms with van der Waals surface area (Å²) >= 11 is 0. The molecule has 7 nitrogen and oxygen atoms in total. The van der Waals surface area contributed by atoms with Crippen molar-refractivity contribution in [1.82, 2.24) is 14.9 Å². The summed E-state index contributed by atoms with van der Waals surface area (Å²) in [6.07, 6.45) is -4.59. The number of amides is 2. The topological polar surface area (TPSA) is 95.6 Å². The van der Waals surface area contributed by atoms with Crippen molar-refractivity contribution in [3.63, 3.8) is 0 Å². The molecule has 1 heterocycles. The van der Waals surface area contributed by atoms with Crippen LogP contribution in [-0.2, 0) is 32.2 Å². The Bertz CT molecular complexity index is 1180. The van der Waals surface area contributed by atoms with Gasteiger partial charge in [-0.1, -0.05) is 30.3 Å². The second kappa shape index (κ2) is 10.7. The van der Waals surface area contributed by atoms with Crippen molar-refractivity contribution >= 4 is 21.8 Å². The predicted octanol–water partition coefficient (Wildman–Crippen LogP) is 2.86.